The summed E-state index contributed by atoms with van der Waals surface area (Å²) in [6, 6.07) is 4.75. The molecule has 0 unspecified atom stereocenters. The molecular weight excluding hydrogens is 392 g/mol. The van der Waals surface area contributed by atoms with E-state index in [1.165, 1.54) is 13.0 Å². The Bertz CT molecular complexity index is 666. The Kier molecular flexibility index (Phi) is 8.99. The first-order chi connectivity index (χ1) is 12.0. The van der Waals surface area contributed by atoms with Crippen LogP contribution in [-0.2, 0) is 4.79 Å². The monoisotopic (exact) mass is 419 g/mol. The molecule has 0 aromatic heterocycles. The molecule has 152 valence electrons. The van der Waals surface area contributed by atoms with E-state index in [0.717, 1.165) is 19.3 Å². The van der Waals surface area contributed by atoms with Crippen molar-refractivity contribution in [2.45, 2.75) is 38.6 Å². The molecule has 0 bridgehead atoms. The van der Waals surface area contributed by atoms with Gasteiger partial charge in [-0.25, -0.2) is 4.39 Å². The average molecular weight is 420 g/mol. The fourth-order valence-corrected chi connectivity index (χ4v) is 3.85. The van der Waals surface area contributed by atoms with Gasteiger partial charge in [0, 0.05) is 44.2 Å². The van der Waals surface area contributed by atoms with Crippen molar-refractivity contribution in [2.75, 3.05) is 31.1 Å². The number of Topliss-reactive ketones (excluding diaryl/α,β-unsaturated/α-hetero) is 1. The van der Waals surface area contributed by atoms with Crippen LogP contribution in [0.3, 0.4) is 0 Å². The average Bonchev–Trinajstić information content (AvgIpc) is 2.99. The zero-order chi connectivity index (χ0) is 18.0. The van der Waals surface area contributed by atoms with E-state index in [1.54, 1.807) is 12.1 Å². The molecule has 1 amide bonds. The summed E-state index contributed by atoms with van der Waals surface area (Å²) in [5.41, 5.74) is 6.93. The van der Waals surface area contributed by atoms with Crippen LogP contribution in [0.4, 0.5) is 10.1 Å². The second-order valence-electron chi connectivity index (χ2n) is 7.15. The van der Waals surface area contributed by atoms with Gasteiger partial charge in [0.25, 0.3) is 0 Å². The maximum atomic E-state index is 14.3. The van der Waals surface area contributed by atoms with Crippen LogP contribution >= 0.6 is 24.8 Å². The number of benzene rings is 1. The standard InChI is InChI=1S/C19H26FN3O2.2ClH/c1-13(24)14-5-6-18(16(20)11-14)22-7-9-23(10-8-22)19(25)12-15-3-2-4-17(15)21;;/h5-6,11,15,17H,2-4,7-10,12,21H2,1H3;2*1H/t15-,17+;;/m0../s1. The fraction of sp³-hybridized carbons (Fsp3) is 0.579. The van der Waals surface area contributed by atoms with Gasteiger partial charge in [0.1, 0.15) is 5.82 Å². The molecular formula is C19H28Cl2FN3O2. The van der Waals surface area contributed by atoms with Crippen LogP contribution in [0, 0.1) is 11.7 Å². The minimum atomic E-state index is -0.385. The molecule has 2 fully saturated rings. The molecule has 5 nitrogen and oxygen atoms in total. The zero-order valence-corrected chi connectivity index (χ0v) is 17.2. The largest absolute Gasteiger partial charge is 0.366 e. The maximum absolute atomic E-state index is 14.3. The number of amides is 1. The summed E-state index contributed by atoms with van der Waals surface area (Å²) in [6.45, 7) is 3.80. The zero-order valence-electron chi connectivity index (χ0n) is 15.5. The van der Waals surface area contributed by atoms with Gasteiger partial charge in [-0.2, -0.15) is 0 Å². The number of carbonyl (C=O) groups excluding carboxylic acids is 2. The number of hydrogen-bond donors (Lipinski definition) is 1. The van der Waals surface area contributed by atoms with Gasteiger partial charge in [-0.15, -0.1) is 24.8 Å². The quantitative estimate of drug-likeness (QED) is 0.761. The van der Waals surface area contributed by atoms with Gasteiger partial charge in [0.15, 0.2) is 5.78 Å². The third-order valence-corrected chi connectivity index (χ3v) is 5.48. The molecule has 2 atom stereocenters. The van der Waals surface area contributed by atoms with Crippen molar-refractivity contribution >= 4 is 42.2 Å². The highest BCUT2D eigenvalue weighted by Gasteiger charge is 2.29. The minimum absolute atomic E-state index is 0. The highest BCUT2D eigenvalue weighted by Crippen LogP contribution is 2.28. The van der Waals surface area contributed by atoms with Gasteiger partial charge in [0.2, 0.25) is 5.91 Å². The molecule has 1 heterocycles. The molecule has 0 spiro atoms. The van der Waals surface area contributed by atoms with Crippen LogP contribution in [0.5, 0.6) is 0 Å². The van der Waals surface area contributed by atoms with E-state index in [-0.39, 0.29) is 48.4 Å². The van der Waals surface area contributed by atoms with Crippen LogP contribution in [-0.4, -0.2) is 48.8 Å². The van der Waals surface area contributed by atoms with Crippen molar-refractivity contribution in [3.05, 3.63) is 29.6 Å². The predicted molar refractivity (Wildman–Crippen MR) is 110 cm³/mol. The van der Waals surface area contributed by atoms with E-state index in [4.69, 9.17) is 5.73 Å². The Morgan fingerprint density at radius 1 is 1.15 bits per heavy atom. The topological polar surface area (TPSA) is 66.6 Å². The van der Waals surface area contributed by atoms with Crippen molar-refractivity contribution in [3.63, 3.8) is 0 Å². The van der Waals surface area contributed by atoms with E-state index in [2.05, 4.69) is 0 Å². The van der Waals surface area contributed by atoms with Crippen molar-refractivity contribution in [1.82, 2.24) is 4.90 Å². The number of nitrogens with two attached hydrogens (primary N) is 1. The summed E-state index contributed by atoms with van der Waals surface area (Å²) in [4.78, 5) is 27.6. The van der Waals surface area contributed by atoms with Crippen LogP contribution in [0.2, 0.25) is 0 Å². The van der Waals surface area contributed by atoms with Crippen molar-refractivity contribution in [1.29, 1.82) is 0 Å². The number of nitrogens with zero attached hydrogens (tertiary/aromatic N) is 2. The van der Waals surface area contributed by atoms with Crippen molar-refractivity contribution in [3.8, 4) is 0 Å². The predicted octanol–water partition coefficient (Wildman–Crippen LogP) is 3.04. The number of halogens is 3. The second kappa shape index (κ2) is 10.2. The molecule has 3 rings (SSSR count). The SMILES string of the molecule is CC(=O)c1ccc(N2CCN(C(=O)C[C@@H]3CCC[C@H]3N)CC2)c(F)c1.Cl.Cl. The third-order valence-electron chi connectivity index (χ3n) is 5.48. The molecule has 1 aliphatic heterocycles. The molecule has 1 aliphatic carbocycles. The van der Waals surface area contributed by atoms with Gasteiger partial charge in [0.05, 0.1) is 5.69 Å². The fourth-order valence-electron chi connectivity index (χ4n) is 3.85. The first-order valence-electron chi connectivity index (χ1n) is 9.04. The summed E-state index contributed by atoms with van der Waals surface area (Å²) >= 11 is 0. The molecule has 1 saturated heterocycles. The number of hydrogen-bond acceptors (Lipinski definition) is 4. The third kappa shape index (κ3) is 5.56. The Morgan fingerprint density at radius 3 is 2.33 bits per heavy atom. The molecule has 27 heavy (non-hydrogen) atoms. The van der Waals surface area contributed by atoms with Crippen LogP contribution in [0.15, 0.2) is 18.2 Å². The molecule has 2 aliphatic rings. The highest BCUT2D eigenvalue weighted by molar-refractivity contribution is 5.94. The smallest absolute Gasteiger partial charge is 0.223 e. The van der Waals surface area contributed by atoms with Crippen molar-refractivity contribution in [2.24, 2.45) is 11.7 Å². The van der Waals surface area contributed by atoms with E-state index in [9.17, 15) is 14.0 Å². The second-order valence-corrected chi connectivity index (χ2v) is 7.15. The summed E-state index contributed by atoms with van der Waals surface area (Å²) in [5, 5.41) is 0. The molecule has 1 aromatic carbocycles. The number of carbonyl (C=O) groups is 2. The van der Waals surface area contributed by atoms with Gasteiger partial charge in [-0.1, -0.05) is 6.42 Å². The van der Waals surface area contributed by atoms with Gasteiger partial charge in [-0.3, -0.25) is 9.59 Å². The molecule has 0 radical (unpaired) electrons. The minimum Gasteiger partial charge on any atom is -0.366 e. The van der Waals surface area contributed by atoms with E-state index < -0.39 is 0 Å². The van der Waals surface area contributed by atoms with Crippen LogP contribution in [0.25, 0.3) is 0 Å². The molecule has 2 N–H and O–H groups in total. The van der Waals surface area contributed by atoms with Gasteiger partial charge < -0.3 is 15.5 Å². The number of anilines is 1. The number of piperazine rings is 1. The molecule has 1 aromatic rings. The molecule has 1 saturated carbocycles. The Labute approximate surface area is 172 Å². The van der Waals surface area contributed by atoms with Gasteiger partial charge in [-0.05, 0) is 43.9 Å². The van der Waals surface area contributed by atoms with E-state index in [1.807, 2.05) is 9.80 Å². The first kappa shape index (κ1) is 23.7. The lowest BCUT2D eigenvalue weighted by molar-refractivity contribution is -0.132. The lowest BCUT2D eigenvalue weighted by atomic mass is 9.99. The Balaban J connectivity index is 0.00000182. The van der Waals surface area contributed by atoms with Crippen LogP contribution in [0.1, 0.15) is 43.0 Å². The normalized spacial score (nSPS) is 22.0. The lowest BCUT2D eigenvalue weighted by Gasteiger charge is -2.37. The van der Waals surface area contributed by atoms with Gasteiger partial charge >= 0.3 is 0 Å². The number of rotatable bonds is 4. The summed E-state index contributed by atoms with van der Waals surface area (Å²) in [7, 11) is 0. The maximum Gasteiger partial charge on any atom is 0.223 e. The summed E-state index contributed by atoms with van der Waals surface area (Å²) in [6.07, 6.45) is 3.70. The first-order valence-corrected chi connectivity index (χ1v) is 9.04. The van der Waals surface area contributed by atoms with E-state index in [0.29, 0.717) is 49.8 Å². The highest BCUT2D eigenvalue weighted by atomic mass is 35.5. The molecule has 8 heteroatoms. The summed E-state index contributed by atoms with van der Waals surface area (Å²) < 4.78 is 14.3. The van der Waals surface area contributed by atoms with E-state index >= 15 is 0 Å². The lowest BCUT2D eigenvalue weighted by Crippen LogP contribution is -2.49. The Hall–Kier alpha value is -1.37. The van der Waals surface area contributed by atoms with Crippen molar-refractivity contribution < 1.29 is 14.0 Å². The Morgan fingerprint density at radius 2 is 1.81 bits per heavy atom. The summed E-state index contributed by atoms with van der Waals surface area (Å²) in [5.74, 6) is -0.0631. The van der Waals surface area contributed by atoms with Crippen LogP contribution < -0.4 is 10.6 Å². The number of ketones is 1.